The Bertz CT molecular complexity index is 717. The molecule has 0 spiro atoms. The quantitative estimate of drug-likeness (QED) is 0.773. The maximum atomic E-state index is 11.8. The lowest BCUT2D eigenvalue weighted by molar-refractivity contribution is -0.137. The molecule has 2 rings (SSSR count). The molecule has 0 heterocycles. The van der Waals surface area contributed by atoms with Crippen LogP contribution in [0.5, 0.6) is 5.75 Å². The summed E-state index contributed by atoms with van der Waals surface area (Å²) >= 11 is 3.42. The number of nitrogens with one attached hydrogen (secondary N) is 1. The third-order valence-corrected chi connectivity index (χ3v) is 3.84. The minimum atomic E-state index is -0.870. The maximum Gasteiger partial charge on any atom is 0.303 e. The summed E-state index contributed by atoms with van der Waals surface area (Å²) in [6, 6.07) is 11.4. The van der Waals surface area contributed by atoms with Gasteiger partial charge in [0.15, 0.2) is 6.61 Å². The highest BCUT2D eigenvalue weighted by Crippen LogP contribution is 2.24. The molecule has 122 valence electrons. The van der Waals surface area contributed by atoms with E-state index in [0.29, 0.717) is 12.2 Å². The highest BCUT2D eigenvalue weighted by molar-refractivity contribution is 9.10. The summed E-state index contributed by atoms with van der Waals surface area (Å²) in [5.41, 5.74) is 0. The highest BCUT2D eigenvalue weighted by atomic mass is 79.9. The van der Waals surface area contributed by atoms with Crippen molar-refractivity contribution in [2.45, 2.75) is 25.8 Å². The summed E-state index contributed by atoms with van der Waals surface area (Å²) in [4.78, 5) is 22.3. The Balaban J connectivity index is 1.86. The zero-order valence-electron chi connectivity index (χ0n) is 12.7. The van der Waals surface area contributed by atoms with Crippen molar-refractivity contribution < 1.29 is 19.4 Å². The molecule has 2 aromatic carbocycles. The van der Waals surface area contributed by atoms with Gasteiger partial charge in [0.1, 0.15) is 5.75 Å². The predicted octanol–water partition coefficient (Wildman–Crippen LogP) is 3.35. The molecule has 1 amide bonds. The van der Waals surface area contributed by atoms with E-state index in [1.54, 1.807) is 6.92 Å². The molecule has 0 saturated carbocycles. The monoisotopic (exact) mass is 379 g/mol. The molecule has 0 aliphatic carbocycles. The molecule has 0 aliphatic rings. The minimum Gasteiger partial charge on any atom is -0.484 e. The molecule has 6 heteroatoms. The third kappa shape index (κ3) is 5.56. The first-order valence-electron chi connectivity index (χ1n) is 7.27. The van der Waals surface area contributed by atoms with Crippen molar-refractivity contribution in [1.29, 1.82) is 0 Å². The number of carboxylic acid groups (broad SMARTS) is 1. The smallest absolute Gasteiger partial charge is 0.303 e. The van der Waals surface area contributed by atoms with Gasteiger partial charge in [0, 0.05) is 16.9 Å². The number of carbonyl (C=O) groups excluding carboxylic acids is 1. The number of halogens is 1. The van der Waals surface area contributed by atoms with E-state index < -0.39 is 5.97 Å². The molecule has 0 radical (unpaired) electrons. The number of aliphatic carboxylic acids is 1. The largest absolute Gasteiger partial charge is 0.484 e. The lowest BCUT2D eigenvalue weighted by atomic mass is 10.1. The SMILES string of the molecule is CC(CCC(=O)O)NC(=O)COc1ccc2cc(Br)ccc2c1. The lowest BCUT2D eigenvalue weighted by Crippen LogP contribution is -2.36. The molecule has 2 aromatic rings. The molecule has 0 fully saturated rings. The van der Waals surface area contributed by atoms with Gasteiger partial charge >= 0.3 is 5.97 Å². The summed E-state index contributed by atoms with van der Waals surface area (Å²) < 4.78 is 6.50. The Hall–Kier alpha value is -2.08. The molecule has 0 aromatic heterocycles. The number of carboxylic acids is 1. The minimum absolute atomic E-state index is 0.0303. The van der Waals surface area contributed by atoms with E-state index in [1.165, 1.54) is 0 Å². The van der Waals surface area contributed by atoms with E-state index in [4.69, 9.17) is 9.84 Å². The van der Waals surface area contributed by atoms with Gasteiger partial charge < -0.3 is 15.2 Å². The Morgan fingerprint density at radius 1 is 1.22 bits per heavy atom. The van der Waals surface area contributed by atoms with Gasteiger partial charge in [0.25, 0.3) is 5.91 Å². The topological polar surface area (TPSA) is 75.6 Å². The number of hydrogen-bond donors (Lipinski definition) is 2. The van der Waals surface area contributed by atoms with Crippen LogP contribution in [0.2, 0.25) is 0 Å². The second kappa shape index (κ2) is 7.97. The van der Waals surface area contributed by atoms with Crippen molar-refractivity contribution in [2.24, 2.45) is 0 Å². The number of fused-ring (bicyclic) bond motifs is 1. The average molecular weight is 380 g/mol. The second-order valence-electron chi connectivity index (χ2n) is 5.34. The van der Waals surface area contributed by atoms with Crippen LogP contribution in [0.4, 0.5) is 0 Å². The van der Waals surface area contributed by atoms with Crippen molar-refractivity contribution in [3.8, 4) is 5.75 Å². The first kappa shape index (κ1) is 17.3. The van der Waals surface area contributed by atoms with Gasteiger partial charge in [-0.15, -0.1) is 0 Å². The number of ether oxygens (including phenoxy) is 1. The van der Waals surface area contributed by atoms with Gasteiger partial charge in [-0.1, -0.05) is 28.1 Å². The summed E-state index contributed by atoms with van der Waals surface area (Å²) in [5, 5.41) is 13.4. The molecule has 0 aliphatic heterocycles. The molecular formula is C17H18BrNO4. The molecule has 0 bridgehead atoms. The Morgan fingerprint density at radius 3 is 2.65 bits per heavy atom. The molecule has 1 unspecified atom stereocenters. The Kier molecular flexibility index (Phi) is 5.98. The lowest BCUT2D eigenvalue weighted by Gasteiger charge is -2.13. The van der Waals surface area contributed by atoms with E-state index in [0.717, 1.165) is 15.2 Å². The maximum absolute atomic E-state index is 11.8. The average Bonchev–Trinajstić information content (AvgIpc) is 2.51. The fraction of sp³-hybridized carbons (Fsp3) is 0.294. The Morgan fingerprint density at radius 2 is 1.91 bits per heavy atom. The highest BCUT2D eigenvalue weighted by Gasteiger charge is 2.10. The van der Waals surface area contributed by atoms with Gasteiger partial charge in [-0.25, -0.2) is 0 Å². The van der Waals surface area contributed by atoms with Crippen LogP contribution in [0.15, 0.2) is 40.9 Å². The van der Waals surface area contributed by atoms with Crippen LogP contribution in [0.1, 0.15) is 19.8 Å². The van der Waals surface area contributed by atoms with Crippen LogP contribution in [-0.4, -0.2) is 29.6 Å². The van der Waals surface area contributed by atoms with Gasteiger partial charge in [-0.3, -0.25) is 9.59 Å². The third-order valence-electron chi connectivity index (χ3n) is 3.34. The van der Waals surface area contributed by atoms with Crippen molar-refractivity contribution in [3.05, 3.63) is 40.9 Å². The number of benzene rings is 2. The van der Waals surface area contributed by atoms with E-state index in [9.17, 15) is 9.59 Å². The van der Waals surface area contributed by atoms with Gasteiger partial charge in [-0.05, 0) is 48.4 Å². The second-order valence-corrected chi connectivity index (χ2v) is 6.26. The first-order chi connectivity index (χ1) is 10.9. The number of hydrogen-bond acceptors (Lipinski definition) is 3. The van der Waals surface area contributed by atoms with E-state index in [1.807, 2.05) is 36.4 Å². The Labute approximate surface area is 142 Å². The molecule has 23 heavy (non-hydrogen) atoms. The molecule has 2 N–H and O–H groups in total. The van der Waals surface area contributed by atoms with E-state index >= 15 is 0 Å². The van der Waals surface area contributed by atoms with Crippen LogP contribution in [0, 0.1) is 0 Å². The molecular weight excluding hydrogens is 362 g/mol. The van der Waals surface area contributed by atoms with Crippen LogP contribution in [0.3, 0.4) is 0 Å². The van der Waals surface area contributed by atoms with Crippen molar-refractivity contribution >= 4 is 38.6 Å². The molecule has 0 saturated heterocycles. The van der Waals surface area contributed by atoms with Gasteiger partial charge in [0.2, 0.25) is 0 Å². The number of carbonyl (C=O) groups is 2. The molecule has 1 atom stereocenters. The van der Waals surface area contributed by atoms with Gasteiger partial charge in [-0.2, -0.15) is 0 Å². The van der Waals surface area contributed by atoms with E-state index in [-0.39, 0.29) is 25.0 Å². The number of amides is 1. The van der Waals surface area contributed by atoms with E-state index in [2.05, 4.69) is 21.2 Å². The summed E-state index contributed by atoms with van der Waals surface area (Å²) in [7, 11) is 0. The normalized spacial score (nSPS) is 11.9. The first-order valence-corrected chi connectivity index (χ1v) is 8.06. The van der Waals surface area contributed by atoms with Crippen LogP contribution in [0.25, 0.3) is 10.8 Å². The van der Waals surface area contributed by atoms with Crippen LogP contribution < -0.4 is 10.1 Å². The zero-order valence-corrected chi connectivity index (χ0v) is 14.3. The molecule has 5 nitrogen and oxygen atoms in total. The number of rotatable bonds is 7. The fourth-order valence-electron chi connectivity index (χ4n) is 2.16. The fourth-order valence-corrected chi connectivity index (χ4v) is 2.54. The van der Waals surface area contributed by atoms with Crippen molar-refractivity contribution in [1.82, 2.24) is 5.32 Å². The van der Waals surface area contributed by atoms with Crippen molar-refractivity contribution in [2.75, 3.05) is 6.61 Å². The van der Waals surface area contributed by atoms with Crippen LogP contribution in [-0.2, 0) is 9.59 Å². The zero-order chi connectivity index (χ0) is 16.8. The summed E-state index contributed by atoms with van der Waals surface area (Å²) in [6.45, 7) is 1.67. The van der Waals surface area contributed by atoms with Crippen LogP contribution >= 0.6 is 15.9 Å². The summed E-state index contributed by atoms with van der Waals surface area (Å²) in [5.74, 6) is -0.517. The van der Waals surface area contributed by atoms with Crippen molar-refractivity contribution in [3.63, 3.8) is 0 Å². The summed E-state index contributed by atoms with van der Waals surface area (Å²) in [6.07, 6.45) is 0.425. The predicted molar refractivity (Wildman–Crippen MR) is 91.6 cm³/mol. The standard InChI is InChI=1S/C17H18BrNO4/c1-11(2-7-17(21)22)19-16(20)10-23-15-6-4-12-8-14(18)5-3-13(12)9-15/h3-6,8-9,11H,2,7,10H2,1H3,(H,19,20)(H,21,22). The van der Waals surface area contributed by atoms with Gasteiger partial charge in [0.05, 0.1) is 0 Å².